The number of aliphatic hydroxyl groups excluding tert-OH is 1. The summed E-state index contributed by atoms with van der Waals surface area (Å²) >= 11 is 0. The standard InChI is InChI=1S/C29H32N6O2/c1-21(36)17-28(37)31-20-23-11-12-27(30-19-23)34-13-15-35(16-14-34)29-25-10-6-5-9-24(25)26(32-33-29)18-22-7-3-2-4-8-22/h2-12,19,21,36H,13-18,20H2,1H3,(H,31,37). The lowest BCUT2D eigenvalue weighted by molar-refractivity contribution is -0.122. The van der Waals surface area contributed by atoms with Crippen molar-refractivity contribution in [1.82, 2.24) is 20.5 Å². The van der Waals surface area contributed by atoms with Gasteiger partial charge >= 0.3 is 0 Å². The largest absolute Gasteiger partial charge is 0.393 e. The maximum atomic E-state index is 11.8. The number of carbonyl (C=O) groups is 1. The molecule has 0 aliphatic carbocycles. The van der Waals surface area contributed by atoms with Gasteiger partial charge in [0.2, 0.25) is 5.91 Å². The number of anilines is 2. The van der Waals surface area contributed by atoms with Crippen LogP contribution in [-0.2, 0) is 17.8 Å². The van der Waals surface area contributed by atoms with Gasteiger partial charge in [-0.1, -0.05) is 60.7 Å². The lowest BCUT2D eigenvalue weighted by atomic mass is 10.0. The lowest BCUT2D eigenvalue weighted by Gasteiger charge is -2.36. The number of aliphatic hydroxyl groups is 1. The van der Waals surface area contributed by atoms with Crippen LogP contribution in [0.4, 0.5) is 11.6 Å². The Morgan fingerprint density at radius 3 is 2.30 bits per heavy atom. The molecule has 8 nitrogen and oxygen atoms in total. The first-order chi connectivity index (χ1) is 18.1. The van der Waals surface area contributed by atoms with E-state index < -0.39 is 6.10 Å². The normalized spacial score (nSPS) is 14.5. The summed E-state index contributed by atoms with van der Waals surface area (Å²) in [6, 6.07) is 22.8. The predicted molar refractivity (Wildman–Crippen MR) is 146 cm³/mol. The number of aromatic nitrogens is 3. The molecule has 0 bridgehead atoms. The minimum Gasteiger partial charge on any atom is -0.393 e. The third-order valence-electron chi connectivity index (χ3n) is 6.64. The molecule has 0 saturated carbocycles. The molecule has 0 radical (unpaired) electrons. The molecule has 1 atom stereocenters. The van der Waals surface area contributed by atoms with Crippen molar-refractivity contribution < 1.29 is 9.90 Å². The number of fused-ring (bicyclic) bond motifs is 1. The van der Waals surface area contributed by atoms with E-state index >= 15 is 0 Å². The Labute approximate surface area is 217 Å². The fourth-order valence-corrected chi connectivity index (χ4v) is 4.70. The maximum Gasteiger partial charge on any atom is 0.222 e. The molecule has 1 saturated heterocycles. The van der Waals surface area contributed by atoms with Gasteiger partial charge in [-0.2, -0.15) is 5.10 Å². The average Bonchev–Trinajstić information content (AvgIpc) is 2.93. The van der Waals surface area contributed by atoms with Crippen LogP contribution in [0.15, 0.2) is 72.9 Å². The molecule has 190 valence electrons. The molecule has 1 fully saturated rings. The number of rotatable bonds is 8. The van der Waals surface area contributed by atoms with E-state index in [9.17, 15) is 9.90 Å². The number of hydrogen-bond acceptors (Lipinski definition) is 7. The van der Waals surface area contributed by atoms with Crippen molar-refractivity contribution in [2.45, 2.75) is 32.4 Å². The summed E-state index contributed by atoms with van der Waals surface area (Å²) in [4.78, 5) is 21.0. The zero-order chi connectivity index (χ0) is 25.6. The molecule has 8 heteroatoms. The number of amides is 1. The smallest absolute Gasteiger partial charge is 0.222 e. The summed E-state index contributed by atoms with van der Waals surface area (Å²) in [5.74, 6) is 1.69. The molecule has 37 heavy (non-hydrogen) atoms. The third-order valence-corrected chi connectivity index (χ3v) is 6.64. The Morgan fingerprint density at radius 2 is 1.59 bits per heavy atom. The van der Waals surface area contributed by atoms with E-state index in [1.165, 1.54) is 5.56 Å². The van der Waals surface area contributed by atoms with Crippen molar-refractivity contribution >= 4 is 28.3 Å². The number of carbonyl (C=O) groups excluding carboxylic acids is 1. The molecule has 5 rings (SSSR count). The monoisotopic (exact) mass is 496 g/mol. The van der Waals surface area contributed by atoms with Crippen molar-refractivity contribution in [3.63, 3.8) is 0 Å². The first kappa shape index (κ1) is 24.6. The second kappa shape index (κ2) is 11.3. The number of nitrogens with one attached hydrogen (secondary N) is 1. The van der Waals surface area contributed by atoms with E-state index in [-0.39, 0.29) is 12.3 Å². The highest BCUT2D eigenvalue weighted by Crippen LogP contribution is 2.28. The highest BCUT2D eigenvalue weighted by molar-refractivity contribution is 5.93. The minimum atomic E-state index is -0.643. The van der Waals surface area contributed by atoms with Crippen molar-refractivity contribution in [3.8, 4) is 0 Å². The number of nitrogens with zero attached hydrogens (tertiary/aromatic N) is 5. The Hall–Kier alpha value is -4.04. The fourth-order valence-electron chi connectivity index (χ4n) is 4.70. The molecular formula is C29H32N6O2. The van der Waals surface area contributed by atoms with Crippen molar-refractivity contribution in [2.24, 2.45) is 0 Å². The summed E-state index contributed by atoms with van der Waals surface area (Å²) in [6.45, 7) is 5.33. The highest BCUT2D eigenvalue weighted by Gasteiger charge is 2.22. The van der Waals surface area contributed by atoms with E-state index in [2.05, 4.69) is 78.8 Å². The number of hydrogen-bond donors (Lipinski definition) is 2. The van der Waals surface area contributed by atoms with E-state index in [1.807, 2.05) is 18.2 Å². The molecule has 4 aromatic rings. The summed E-state index contributed by atoms with van der Waals surface area (Å²) in [5, 5.41) is 23.7. The van der Waals surface area contributed by atoms with Crippen LogP contribution >= 0.6 is 0 Å². The first-order valence-corrected chi connectivity index (χ1v) is 12.7. The Morgan fingerprint density at radius 1 is 0.892 bits per heavy atom. The van der Waals surface area contributed by atoms with Gasteiger partial charge in [-0.3, -0.25) is 4.79 Å². The van der Waals surface area contributed by atoms with Crippen LogP contribution in [0.5, 0.6) is 0 Å². The fraction of sp³-hybridized carbons (Fsp3) is 0.310. The predicted octanol–water partition coefficient (Wildman–Crippen LogP) is 3.33. The molecule has 1 aliphatic heterocycles. The van der Waals surface area contributed by atoms with Gasteiger partial charge < -0.3 is 20.2 Å². The third kappa shape index (κ3) is 6.03. The maximum absolute atomic E-state index is 11.8. The Bertz CT molecular complexity index is 1340. The highest BCUT2D eigenvalue weighted by atomic mass is 16.3. The van der Waals surface area contributed by atoms with Gasteiger partial charge in [0.25, 0.3) is 0 Å². The second-order valence-electron chi connectivity index (χ2n) is 9.51. The van der Waals surface area contributed by atoms with Crippen molar-refractivity contribution in [2.75, 3.05) is 36.0 Å². The van der Waals surface area contributed by atoms with Crippen LogP contribution < -0.4 is 15.1 Å². The van der Waals surface area contributed by atoms with Crippen LogP contribution in [0.2, 0.25) is 0 Å². The average molecular weight is 497 g/mol. The van der Waals surface area contributed by atoms with Crippen LogP contribution in [0.25, 0.3) is 10.8 Å². The quantitative estimate of drug-likeness (QED) is 0.386. The SMILES string of the molecule is CC(O)CC(=O)NCc1ccc(N2CCN(c3nnc(Cc4ccccc4)c4ccccc34)CC2)nc1. The zero-order valence-electron chi connectivity index (χ0n) is 21.0. The van der Waals surface area contributed by atoms with Gasteiger partial charge in [0.1, 0.15) is 5.82 Å². The van der Waals surface area contributed by atoms with Gasteiger partial charge in [-0.25, -0.2) is 4.98 Å². The molecule has 2 aromatic carbocycles. The van der Waals surface area contributed by atoms with Gasteiger partial charge in [0, 0.05) is 56.1 Å². The van der Waals surface area contributed by atoms with Gasteiger partial charge in [-0.15, -0.1) is 5.10 Å². The van der Waals surface area contributed by atoms with Gasteiger partial charge in [0.05, 0.1) is 18.2 Å². The minimum absolute atomic E-state index is 0.102. The number of piperazine rings is 1. The van der Waals surface area contributed by atoms with Crippen LogP contribution in [0, 0.1) is 0 Å². The topological polar surface area (TPSA) is 94.5 Å². The van der Waals surface area contributed by atoms with Crippen LogP contribution in [-0.4, -0.2) is 58.5 Å². The van der Waals surface area contributed by atoms with Crippen LogP contribution in [0.3, 0.4) is 0 Å². The summed E-state index contributed by atoms with van der Waals surface area (Å²) in [7, 11) is 0. The molecule has 1 aliphatic rings. The van der Waals surface area contributed by atoms with Crippen LogP contribution in [0.1, 0.15) is 30.2 Å². The summed E-state index contributed by atoms with van der Waals surface area (Å²) < 4.78 is 0. The molecular weight excluding hydrogens is 464 g/mol. The molecule has 2 N–H and O–H groups in total. The Balaban J connectivity index is 1.23. The lowest BCUT2D eigenvalue weighted by Crippen LogP contribution is -2.47. The van der Waals surface area contributed by atoms with E-state index in [1.54, 1.807) is 13.1 Å². The zero-order valence-corrected chi connectivity index (χ0v) is 21.0. The molecule has 1 amide bonds. The second-order valence-corrected chi connectivity index (χ2v) is 9.51. The van der Waals surface area contributed by atoms with Gasteiger partial charge in [-0.05, 0) is 24.1 Å². The van der Waals surface area contributed by atoms with Crippen molar-refractivity contribution in [1.29, 1.82) is 0 Å². The Kier molecular flexibility index (Phi) is 7.56. The van der Waals surface area contributed by atoms with Crippen molar-refractivity contribution in [3.05, 3.63) is 89.7 Å². The molecule has 1 unspecified atom stereocenters. The number of pyridine rings is 1. The van der Waals surface area contributed by atoms with E-state index in [4.69, 9.17) is 0 Å². The molecule has 3 heterocycles. The molecule has 0 spiro atoms. The first-order valence-electron chi connectivity index (χ1n) is 12.7. The molecule has 2 aromatic heterocycles. The summed E-state index contributed by atoms with van der Waals surface area (Å²) in [5.41, 5.74) is 3.15. The number of benzene rings is 2. The summed E-state index contributed by atoms with van der Waals surface area (Å²) in [6.07, 6.45) is 2.02. The van der Waals surface area contributed by atoms with Gasteiger partial charge in [0.15, 0.2) is 5.82 Å². The van der Waals surface area contributed by atoms with E-state index in [0.29, 0.717) is 6.54 Å². The van der Waals surface area contributed by atoms with E-state index in [0.717, 1.165) is 66.3 Å².